The van der Waals surface area contributed by atoms with Crippen LogP contribution in [0.2, 0.25) is 0 Å². The van der Waals surface area contributed by atoms with Crippen LogP contribution in [-0.4, -0.2) is 23.0 Å². The Bertz CT molecular complexity index is 417. The maximum atomic E-state index is 11.5. The molecule has 1 aliphatic heterocycles. The van der Waals surface area contributed by atoms with Gasteiger partial charge in [0.1, 0.15) is 6.04 Å². The maximum absolute atomic E-state index is 11.5. The van der Waals surface area contributed by atoms with Crippen LogP contribution in [0.25, 0.3) is 0 Å². The quantitative estimate of drug-likeness (QED) is 0.671. The molecule has 0 aliphatic carbocycles. The molecule has 0 aromatic heterocycles. The summed E-state index contributed by atoms with van der Waals surface area (Å²) in [4.78, 5) is 22.0. The Balaban J connectivity index is 2.22. The Morgan fingerprint density at radius 2 is 2.00 bits per heavy atom. The van der Waals surface area contributed by atoms with Crippen molar-refractivity contribution in [1.82, 2.24) is 0 Å². The van der Waals surface area contributed by atoms with Crippen molar-refractivity contribution in [3.05, 3.63) is 24.3 Å². The van der Waals surface area contributed by atoms with Crippen LogP contribution in [0.3, 0.4) is 0 Å². The van der Waals surface area contributed by atoms with E-state index in [1.807, 2.05) is 6.07 Å². The van der Waals surface area contributed by atoms with Gasteiger partial charge in [0.2, 0.25) is 5.91 Å². The average molecular weight is 206 g/mol. The number of para-hydroxylation sites is 2. The Hall–Kier alpha value is -2.04. The molecule has 1 amide bonds. The van der Waals surface area contributed by atoms with Crippen molar-refractivity contribution < 1.29 is 14.7 Å². The lowest BCUT2D eigenvalue weighted by atomic mass is 10.1. The molecule has 3 N–H and O–H groups in total. The van der Waals surface area contributed by atoms with Gasteiger partial charge in [-0.2, -0.15) is 0 Å². The van der Waals surface area contributed by atoms with Crippen molar-refractivity contribution >= 4 is 23.3 Å². The molecule has 1 atom stereocenters. The van der Waals surface area contributed by atoms with E-state index in [0.29, 0.717) is 5.69 Å². The van der Waals surface area contributed by atoms with Gasteiger partial charge in [-0.15, -0.1) is 0 Å². The summed E-state index contributed by atoms with van der Waals surface area (Å²) in [5, 5.41) is 14.1. The monoisotopic (exact) mass is 206 g/mol. The van der Waals surface area contributed by atoms with Gasteiger partial charge < -0.3 is 15.7 Å². The first-order valence-electron chi connectivity index (χ1n) is 4.55. The molecule has 0 bridgehead atoms. The number of amides is 1. The average Bonchev–Trinajstić information content (AvgIpc) is 2.18. The highest BCUT2D eigenvalue weighted by Crippen LogP contribution is 2.26. The van der Waals surface area contributed by atoms with Crippen LogP contribution in [0.4, 0.5) is 11.4 Å². The molecule has 1 aromatic carbocycles. The van der Waals surface area contributed by atoms with Gasteiger partial charge in [0.15, 0.2) is 0 Å². The van der Waals surface area contributed by atoms with Crippen molar-refractivity contribution in [3.63, 3.8) is 0 Å². The predicted octanol–water partition coefficient (Wildman–Crippen LogP) is 0.894. The van der Waals surface area contributed by atoms with Crippen LogP contribution >= 0.6 is 0 Å². The van der Waals surface area contributed by atoms with Crippen LogP contribution < -0.4 is 10.6 Å². The van der Waals surface area contributed by atoms with E-state index in [9.17, 15) is 9.59 Å². The third-order valence-electron chi connectivity index (χ3n) is 2.21. The zero-order valence-corrected chi connectivity index (χ0v) is 7.86. The molecule has 2 rings (SSSR count). The van der Waals surface area contributed by atoms with Crippen LogP contribution in [0.5, 0.6) is 0 Å². The number of benzene rings is 1. The zero-order valence-electron chi connectivity index (χ0n) is 7.86. The number of nitrogens with one attached hydrogen (secondary N) is 2. The van der Waals surface area contributed by atoms with Crippen LogP contribution in [0, 0.1) is 0 Å². The molecule has 1 aromatic rings. The highest BCUT2D eigenvalue weighted by atomic mass is 16.4. The standard InChI is InChI=1S/C10H10N2O3/c13-9(14)5-8-10(15)12-7-4-2-1-3-6(7)11-8/h1-4,8,11H,5H2,(H,12,15)(H,13,14)/t8-/m1/s1. The Labute approximate surface area is 86.1 Å². The molecule has 0 saturated carbocycles. The Kier molecular flexibility index (Phi) is 2.29. The molecule has 0 spiro atoms. The van der Waals surface area contributed by atoms with Crippen molar-refractivity contribution in [2.24, 2.45) is 0 Å². The number of carboxylic acids is 1. The second kappa shape index (κ2) is 3.61. The minimum Gasteiger partial charge on any atom is -0.481 e. The number of hydrogen-bond donors (Lipinski definition) is 3. The second-order valence-electron chi connectivity index (χ2n) is 3.33. The topological polar surface area (TPSA) is 78.4 Å². The highest BCUT2D eigenvalue weighted by Gasteiger charge is 2.26. The fourth-order valence-electron chi connectivity index (χ4n) is 1.51. The summed E-state index contributed by atoms with van der Waals surface area (Å²) < 4.78 is 0. The largest absolute Gasteiger partial charge is 0.481 e. The minimum absolute atomic E-state index is 0.222. The van der Waals surface area contributed by atoms with Crippen LogP contribution in [0.1, 0.15) is 6.42 Å². The number of carboxylic acid groups (broad SMARTS) is 1. The summed E-state index contributed by atoms with van der Waals surface area (Å²) in [6.45, 7) is 0. The second-order valence-corrected chi connectivity index (χ2v) is 3.33. The molecule has 5 heteroatoms. The van der Waals surface area contributed by atoms with Crippen molar-refractivity contribution in [2.75, 3.05) is 10.6 Å². The number of carbonyl (C=O) groups is 2. The molecule has 0 radical (unpaired) electrons. The summed E-state index contributed by atoms with van der Waals surface area (Å²) in [5.74, 6) is -1.31. The summed E-state index contributed by atoms with van der Waals surface area (Å²) in [7, 11) is 0. The fourth-order valence-corrected chi connectivity index (χ4v) is 1.51. The first-order chi connectivity index (χ1) is 7.16. The Morgan fingerprint density at radius 3 is 2.67 bits per heavy atom. The first kappa shape index (κ1) is 9.51. The predicted molar refractivity (Wildman–Crippen MR) is 54.7 cm³/mol. The molecular weight excluding hydrogens is 196 g/mol. The van der Waals surface area contributed by atoms with Crippen molar-refractivity contribution in [2.45, 2.75) is 12.5 Å². The van der Waals surface area contributed by atoms with E-state index in [0.717, 1.165) is 5.69 Å². The SMILES string of the molecule is O=C(O)C[C@H]1Nc2ccccc2NC1=O. The summed E-state index contributed by atoms with van der Waals surface area (Å²) in [5.41, 5.74) is 1.44. The third kappa shape index (κ3) is 1.90. The molecule has 1 aliphatic rings. The normalized spacial score (nSPS) is 18.7. The molecule has 0 fully saturated rings. The van der Waals surface area contributed by atoms with Gasteiger partial charge in [0.25, 0.3) is 0 Å². The van der Waals surface area contributed by atoms with Gasteiger partial charge in [-0.25, -0.2) is 0 Å². The molecule has 15 heavy (non-hydrogen) atoms. The number of anilines is 2. The molecular formula is C10H10N2O3. The number of aliphatic carboxylic acids is 1. The lowest BCUT2D eigenvalue weighted by Crippen LogP contribution is -2.40. The summed E-state index contributed by atoms with van der Waals surface area (Å²) in [6, 6.07) is 6.48. The number of hydrogen-bond acceptors (Lipinski definition) is 3. The molecule has 1 heterocycles. The fraction of sp³-hybridized carbons (Fsp3) is 0.200. The summed E-state index contributed by atoms with van der Waals surface area (Å²) in [6.07, 6.45) is -0.222. The molecule has 78 valence electrons. The molecule has 0 unspecified atom stereocenters. The van der Waals surface area contributed by atoms with Crippen molar-refractivity contribution in [1.29, 1.82) is 0 Å². The highest BCUT2D eigenvalue weighted by molar-refractivity contribution is 6.04. The van der Waals surface area contributed by atoms with Crippen LogP contribution in [0.15, 0.2) is 24.3 Å². The van der Waals surface area contributed by atoms with E-state index in [-0.39, 0.29) is 12.3 Å². The maximum Gasteiger partial charge on any atom is 0.305 e. The van der Waals surface area contributed by atoms with Crippen molar-refractivity contribution in [3.8, 4) is 0 Å². The van der Waals surface area contributed by atoms with Gasteiger partial charge in [0, 0.05) is 0 Å². The van der Waals surface area contributed by atoms with E-state index < -0.39 is 12.0 Å². The van der Waals surface area contributed by atoms with Gasteiger partial charge in [-0.05, 0) is 12.1 Å². The molecule has 0 saturated heterocycles. The number of fused-ring (bicyclic) bond motifs is 1. The van der Waals surface area contributed by atoms with Gasteiger partial charge >= 0.3 is 5.97 Å². The summed E-state index contributed by atoms with van der Waals surface area (Å²) >= 11 is 0. The number of rotatable bonds is 2. The third-order valence-corrected chi connectivity index (χ3v) is 2.21. The van der Waals surface area contributed by atoms with Crippen LogP contribution in [-0.2, 0) is 9.59 Å². The van der Waals surface area contributed by atoms with E-state index in [1.54, 1.807) is 18.2 Å². The lowest BCUT2D eigenvalue weighted by molar-refractivity contribution is -0.138. The lowest BCUT2D eigenvalue weighted by Gasteiger charge is -2.25. The van der Waals surface area contributed by atoms with Gasteiger partial charge in [-0.1, -0.05) is 12.1 Å². The van der Waals surface area contributed by atoms with Gasteiger partial charge in [-0.3, -0.25) is 9.59 Å². The molecule has 5 nitrogen and oxygen atoms in total. The minimum atomic E-state index is -0.998. The van der Waals surface area contributed by atoms with Gasteiger partial charge in [0.05, 0.1) is 17.8 Å². The van der Waals surface area contributed by atoms with E-state index in [1.165, 1.54) is 0 Å². The first-order valence-corrected chi connectivity index (χ1v) is 4.55. The van der Waals surface area contributed by atoms with E-state index in [2.05, 4.69) is 10.6 Å². The van der Waals surface area contributed by atoms with E-state index >= 15 is 0 Å². The smallest absolute Gasteiger partial charge is 0.305 e. The number of carbonyl (C=O) groups excluding carboxylic acids is 1. The zero-order chi connectivity index (χ0) is 10.8. The Morgan fingerprint density at radius 1 is 1.33 bits per heavy atom. The van der Waals surface area contributed by atoms with E-state index in [4.69, 9.17) is 5.11 Å².